The normalized spacial score (nSPS) is 13.1. The molecular formula is C9H13NO. The number of aliphatic hydroxyl groups is 1. The van der Waals surface area contributed by atoms with Gasteiger partial charge in [-0.25, -0.2) is 0 Å². The molecule has 0 aliphatic carbocycles. The van der Waals surface area contributed by atoms with Crippen molar-refractivity contribution in [2.45, 2.75) is 26.9 Å². The molecule has 0 saturated heterocycles. The Morgan fingerprint density at radius 2 is 2.09 bits per heavy atom. The lowest BCUT2D eigenvalue weighted by molar-refractivity contribution is 0.193. The summed E-state index contributed by atoms with van der Waals surface area (Å²) >= 11 is 0. The van der Waals surface area contributed by atoms with E-state index < -0.39 is 6.10 Å². The average molecular weight is 151 g/mol. The second kappa shape index (κ2) is 3.01. The first kappa shape index (κ1) is 8.21. The molecule has 0 saturated carbocycles. The van der Waals surface area contributed by atoms with E-state index in [9.17, 15) is 5.11 Å². The smallest absolute Gasteiger partial charge is 0.0934 e. The molecule has 1 aromatic heterocycles. The van der Waals surface area contributed by atoms with Gasteiger partial charge in [0.1, 0.15) is 0 Å². The molecule has 1 atom stereocenters. The zero-order valence-electron chi connectivity index (χ0n) is 7.13. The second-order valence-electron chi connectivity index (χ2n) is 2.89. The number of rotatable bonds is 1. The molecule has 0 spiro atoms. The van der Waals surface area contributed by atoms with Crippen molar-refractivity contribution >= 4 is 0 Å². The van der Waals surface area contributed by atoms with Crippen LogP contribution in [0, 0.1) is 13.8 Å². The Labute approximate surface area is 66.9 Å². The van der Waals surface area contributed by atoms with E-state index in [1.165, 1.54) is 0 Å². The Hall–Kier alpha value is -0.890. The number of aryl methyl sites for hydroxylation is 2. The summed E-state index contributed by atoms with van der Waals surface area (Å²) in [6.45, 7) is 5.68. The van der Waals surface area contributed by atoms with Crippen LogP contribution in [0.5, 0.6) is 0 Å². The van der Waals surface area contributed by atoms with Crippen LogP contribution in [0.25, 0.3) is 0 Å². The van der Waals surface area contributed by atoms with Crippen molar-refractivity contribution in [3.8, 4) is 0 Å². The summed E-state index contributed by atoms with van der Waals surface area (Å²) in [6, 6.07) is 2.02. The molecule has 0 aliphatic heterocycles. The van der Waals surface area contributed by atoms with E-state index >= 15 is 0 Å². The number of hydrogen-bond donors (Lipinski definition) is 1. The number of pyridine rings is 1. The van der Waals surface area contributed by atoms with Gasteiger partial charge in [0, 0.05) is 6.20 Å². The second-order valence-corrected chi connectivity index (χ2v) is 2.89. The van der Waals surface area contributed by atoms with E-state index in [2.05, 4.69) is 4.98 Å². The van der Waals surface area contributed by atoms with Crippen molar-refractivity contribution in [3.63, 3.8) is 0 Å². The Morgan fingerprint density at radius 1 is 1.45 bits per heavy atom. The largest absolute Gasteiger partial charge is 0.387 e. The van der Waals surface area contributed by atoms with Gasteiger partial charge in [0.2, 0.25) is 0 Å². The Bertz CT molecular complexity index is 256. The summed E-state index contributed by atoms with van der Waals surface area (Å²) in [6.07, 6.45) is 1.31. The van der Waals surface area contributed by atoms with Crippen LogP contribution in [0.15, 0.2) is 12.3 Å². The van der Waals surface area contributed by atoms with Crippen LogP contribution < -0.4 is 0 Å². The third kappa shape index (κ3) is 1.77. The Kier molecular flexibility index (Phi) is 2.25. The third-order valence-electron chi connectivity index (χ3n) is 1.65. The molecule has 0 radical (unpaired) electrons. The Balaban J connectivity index is 3.09. The van der Waals surface area contributed by atoms with Gasteiger partial charge in [0.15, 0.2) is 0 Å². The molecule has 0 aromatic carbocycles. The van der Waals surface area contributed by atoms with Crippen LogP contribution in [-0.4, -0.2) is 10.1 Å². The van der Waals surface area contributed by atoms with Crippen LogP contribution in [0.2, 0.25) is 0 Å². The quantitative estimate of drug-likeness (QED) is 0.663. The van der Waals surface area contributed by atoms with Crippen molar-refractivity contribution in [1.82, 2.24) is 4.98 Å². The summed E-state index contributed by atoms with van der Waals surface area (Å²) in [5.74, 6) is 0. The van der Waals surface area contributed by atoms with E-state index in [1.54, 1.807) is 13.1 Å². The molecule has 0 fully saturated rings. The van der Waals surface area contributed by atoms with E-state index in [1.807, 2.05) is 19.9 Å². The summed E-state index contributed by atoms with van der Waals surface area (Å²) < 4.78 is 0. The van der Waals surface area contributed by atoms with Gasteiger partial charge in [0.25, 0.3) is 0 Å². The third-order valence-corrected chi connectivity index (χ3v) is 1.65. The van der Waals surface area contributed by atoms with Crippen LogP contribution >= 0.6 is 0 Å². The molecule has 2 nitrogen and oxygen atoms in total. The summed E-state index contributed by atoms with van der Waals surface area (Å²) in [7, 11) is 0. The maximum atomic E-state index is 9.23. The molecule has 0 bridgehead atoms. The summed E-state index contributed by atoms with van der Waals surface area (Å²) in [5, 5.41) is 9.23. The molecule has 1 aromatic rings. The summed E-state index contributed by atoms with van der Waals surface area (Å²) in [4.78, 5) is 4.13. The lowest BCUT2D eigenvalue weighted by atomic mass is 10.1. The molecule has 1 unspecified atom stereocenters. The maximum Gasteiger partial charge on any atom is 0.0934 e. The van der Waals surface area contributed by atoms with Gasteiger partial charge < -0.3 is 5.11 Å². The van der Waals surface area contributed by atoms with E-state index in [4.69, 9.17) is 0 Å². The Morgan fingerprint density at radius 3 is 2.55 bits per heavy atom. The first-order valence-corrected chi connectivity index (χ1v) is 3.72. The fourth-order valence-corrected chi connectivity index (χ4v) is 1.16. The lowest BCUT2D eigenvalue weighted by Crippen LogP contribution is -1.98. The topological polar surface area (TPSA) is 33.1 Å². The van der Waals surface area contributed by atoms with Crippen LogP contribution in [-0.2, 0) is 0 Å². The lowest BCUT2D eigenvalue weighted by Gasteiger charge is -2.07. The van der Waals surface area contributed by atoms with Crippen LogP contribution in [0.4, 0.5) is 0 Å². The SMILES string of the molecule is Cc1cnc(C(C)O)c(C)c1. The monoisotopic (exact) mass is 151 g/mol. The van der Waals surface area contributed by atoms with Gasteiger partial charge in [0.05, 0.1) is 11.8 Å². The van der Waals surface area contributed by atoms with E-state index in [0.29, 0.717) is 0 Å². The van der Waals surface area contributed by atoms with Gasteiger partial charge in [-0.1, -0.05) is 6.07 Å². The highest BCUT2D eigenvalue weighted by Gasteiger charge is 2.04. The van der Waals surface area contributed by atoms with Gasteiger partial charge in [-0.05, 0) is 31.9 Å². The van der Waals surface area contributed by atoms with Crippen LogP contribution in [0.1, 0.15) is 29.8 Å². The van der Waals surface area contributed by atoms with Gasteiger partial charge in [-0.15, -0.1) is 0 Å². The molecule has 0 aliphatic rings. The highest BCUT2D eigenvalue weighted by Crippen LogP contribution is 2.14. The molecule has 2 heteroatoms. The number of aliphatic hydroxyl groups excluding tert-OH is 1. The zero-order valence-corrected chi connectivity index (χ0v) is 7.13. The molecule has 11 heavy (non-hydrogen) atoms. The van der Waals surface area contributed by atoms with Crippen molar-refractivity contribution in [3.05, 3.63) is 29.1 Å². The van der Waals surface area contributed by atoms with E-state index in [-0.39, 0.29) is 0 Å². The molecule has 1 heterocycles. The molecule has 1 rings (SSSR count). The molecule has 0 amide bonds. The highest BCUT2D eigenvalue weighted by molar-refractivity contribution is 5.24. The van der Waals surface area contributed by atoms with Gasteiger partial charge in [-0.3, -0.25) is 4.98 Å². The first-order chi connectivity index (χ1) is 5.11. The highest BCUT2D eigenvalue weighted by atomic mass is 16.3. The fourth-order valence-electron chi connectivity index (χ4n) is 1.16. The first-order valence-electron chi connectivity index (χ1n) is 3.72. The molecule has 1 N–H and O–H groups in total. The average Bonchev–Trinajstić information content (AvgIpc) is 1.85. The van der Waals surface area contributed by atoms with Gasteiger partial charge >= 0.3 is 0 Å². The van der Waals surface area contributed by atoms with Crippen molar-refractivity contribution < 1.29 is 5.11 Å². The molecular weight excluding hydrogens is 138 g/mol. The minimum Gasteiger partial charge on any atom is -0.387 e. The van der Waals surface area contributed by atoms with Crippen LogP contribution in [0.3, 0.4) is 0 Å². The number of aromatic nitrogens is 1. The van der Waals surface area contributed by atoms with Crippen molar-refractivity contribution in [1.29, 1.82) is 0 Å². The number of hydrogen-bond acceptors (Lipinski definition) is 2. The summed E-state index contributed by atoms with van der Waals surface area (Å²) in [5.41, 5.74) is 2.96. The van der Waals surface area contributed by atoms with Crippen molar-refractivity contribution in [2.75, 3.05) is 0 Å². The predicted molar refractivity (Wildman–Crippen MR) is 44.3 cm³/mol. The molecule has 60 valence electrons. The minimum atomic E-state index is -0.462. The standard InChI is InChI=1S/C9H13NO/c1-6-4-7(2)9(8(3)11)10-5-6/h4-5,8,11H,1-3H3. The minimum absolute atomic E-state index is 0.462. The number of nitrogens with zero attached hydrogens (tertiary/aromatic N) is 1. The van der Waals surface area contributed by atoms with E-state index in [0.717, 1.165) is 16.8 Å². The van der Waals surface area contributed by atoms with Gasteiger partial charge in [-0.2, -0.15) is 0 Å². The van der Waals surface area contributed by atoms with Crippen molar-refractivity contribution in [2.24, 2.45) is 0 Å². The predicted octanol–water partition coefficient (Wildman–Crippen LogP) is 1.75. The fraction of sp³-hybridized carbons (Fsp3) is 0.444. The maximum absolute atomic E-state index is 9.23. The zero-order chi connectivity index (χ0) is 8.43.